The average Bonchev–Trinajstić information content (AvgIpc) is 2.88. The van der Waals surface area contributed by atoms with E-state index in [1.807, 2.05) is 24.0 Å². The number of hydrogen-bond acceptors (Lipinski definition) is 4. The third kappa shape index (κ3) is 2.92. The van der Waals surface area contributed by atoms with Gasteiger partial charge < -0.3 is 5.32 Å². The molecule has 0 unspecified atom stereocenters. The minimum atomic E-state index is 0.781. The lowest BCUT2D eigenvalue weighted by atomic mass is 10.1. The smallest absolute Gasteiger partial charge is 0.133 e. The Labute approximate surface area is 114 Å². The van der Waals surface area contributed by atoms with Crippen molar-refractivity contribution in [3.05, 3.63) is 23.8 Å². The van der Waals surface area contributed by atoms with Crippen LogP contribution in [0, 0.1) is 13.8 Å². The van der Waals surface area contributed by atoms with Gasteiger partial charge in [-0.3, -0.25) is 4.68 Å². The van der Waals surface area contributed by atoms with Gasteiger partial charge >= 0.3 is 0 Å². The fourth-order valence-electron chi connectivity index (χ4n) is 1.98. The number of anilines is 1. The highest BCUT2D eigenvalue weighted by Crippen LogP contribution is 2.25. The molecule has 0 aliphatic carbocycles. The fraction of sp³-hybridized carbons (Fsp3) is 0.500. The maximum Gasteiger partial charge on any atom is 0.133 e. The van der Waals surface area contributed by atoms with E-state index in [2.05, 4.69) is 41.2 Å². The Bertz CT molecular complexity index is 559. The molecular weight excluding hydrogens is 238 g/mol. The Kier molecular flexibility index (Phi) is 4.14. The summed E-state index contributed by atoms with van der Waals surface area (Å²) in [6.45, 7) is 9.97. The summed E-state index contributed by atoms with van der Waals surface area (Å²) < 4.78 is 1.91. The van der Waals surface area contributed by atoms with Crippen molar-refractivity contribution >= 4 is 5.82 Å². The van der Waals surface area contributed by atoms with E-state index in [4.69, 9.17) is 0 Å². The van der Waals surface area contributed by atoms with Gasteiger partial charge in [0.2, 0.25) is 0 Å². The van der Waals surface area contributed by atoms with Gasteiger partial charge in [0.15, 0.2) is 0 Å². The topological polar surface area (TPSA) is 55.6 Å². The van der Waals surface area contributed by atoms with Crippen LogP contribution in [0.5, 0.6) is 0 Å². The molecule has 2 aromatic heterocycles. The third-order valence-corrected chi connectivity index (χ3v) is 3.03. The van der Waals surface area contributed by atoms with Gasteiger partial charge in [-0.1, -0.05) is 6.92 Å². The van der Waals surface area contributed by atoms with Crippen molar-refractivity contribution < 1.29 is 0 Å². The van der Waals surface area contributed by atoms with E-state index in [9.17, 15) is 0 Å². The first-order valence-corrected chi connectivity index (χ1v) is 6.77. The number of nitrogens with zero attached hydrogens (tertiary/aromatic N) is 4. The predicted molar refractivity (Wildman–Crippen MR) is 77.2 cm³/mol. The molecule has 0 bridgehead atoms. The highest BCUT2D eigenvalue weighted by molar-refractivity contribution is 5.67. The molecule has 0 amide bonds. The van der Waals surface area contributed by atoms with Gasteiger partial charge in [0, 0.05) is 30.4 Å². The van der Waals surface area contributed by atoms with Crippen molar-refractivity contribution in [1.82, 2.24) is 19.7 Å². The van der Waals surface area contributed by atoms with Gasteiger partial charge in [0.05, 0.1) is 11.9 Å². The molecular formula is C14H21N5. The Morgan fingerprint density at radius 3 is 2.63 bits per heavy atom. The van der Waals surface area contributed by atoms with Gasteiger partial charge in [-0.25, -0.2) is 9.97 Å². The van der Waals surface area contributed by atoms with Crippen molar-refractivity contribution in [3.63, 3.8) is 0 Å². The van der Waals surface area contributed by atoms with Crippen LogP contribution in [0.15, 0.2) is 12.4 Å². The lowest BCUT2D eigenvalue weighted by molar-refractivity contribution is 0.660. The van der Waals surface area contributed by atoms with Crippen LogP contribution in [0.4, 0.5) is 5.82 Å². The van der Waals surface area contributed by atoms with Crippen molar-refractivity contribution in [2.45, 2.75) is 40.7 Å². The number of rotatable bonds is 5. The monoisotopic (exact) mass is 259 g/mol. The molecule has 0 aromatic carbocycles. The zero-order valence-electron chi connectivity index (χ0n) is 12.1. The molecule has 0 spiro atoms. The lowest BCUT2D eigenvalue weighted by Crippen LogP contribution is -2.07. The zero-order chi connectivity index (χ0) is 13.8. The van der Waals surface area contributed by atoms with Crippen molar-refractivity contribution in [3.8, 4) is 11.3 Å². The van der Waals surface area contributed by atoms with Crippen molar-refractivity contribution in [1.29, 1.82) is 0 Å². The van der Waals surface area contributed by atoms with Crippen LogP contribution in [-0.2, 0) is 6.54 Å². The van der Waals surface area contributed by atoms with E-state index in [-0.39, 0.29) is 0 Å². The van der Waals surface area contributed by atoms with Gasteiger partial charge in [-0.15, -0.1) is 0 Å². The molecule has 19 heavy (non-hydrogen) atoms. The zero-order valence-corrected chi connectivity index (χ0v) is 12.1. The molecule has 5 heteroatoms. The van der Waals surface area contributed by atoms with E-state index in [0.29, 0.717) is 0 Å². The van der Waals surface area contributed by atoms with Gasteiger partial charge in [-0.05, 0) is 27.2 Å². The van der Waals surface area contributed by atoms with Crippen LogP contribution in [0.3, 0.4) is 0 Å². The molecule has 0 fully saturated rings. The van der Waals surface area contributed by atoms with Crippen molar-refractivity contribution in [2.24, 2.45) is 0 Å². The van der Waals surface area contributed by atoms with Gasteiger partial charge in [0.25, 0.3) is 0 Å². The van der Waals surface area contributed by atoms with Crippen LogP contribution in [-0.4, -0.2) is 26.3 Å². The third-order valence-electron chi connectivity index (χ3n) is 3.03. The standard InChI is InChI=1S/C14H21N5/c1-5-7-15-14-10(3)13(17-11(4)18-14)12-8-16-19(6-2)9-12/h8-9H,5-7H2,1-4H3,(H,15,17,18). The summed E-state index contributed by atoms with van der Waals surface area (Å²) in [5.41, 5.74) is 3.09. The molecule has 102 valence electrons. The Morgan fingerprint density at radius 2 is 2.00 bits per heavy atom. The first-order valence-electron chi connectivity index (χ1n) is 6.77. The first-order chi connectivity index (χ1) is 9.15. The number of nitrogens with one attached hydrogen (secondary N) is 1. The van der Waals surface area contributed by atoms with E-state index in [0.717, 1.165) is 48.0 Å². The Morgan fingerprint density at radius 1 is 1.21 bits per heavy atom. The molecule has 2 heterocycles. The molecule has 2 aromatic rings. The summed E-state index contributed by atoms with van der Waals surface area (Å²) in [5, 5.41) is 7.67. The van der Waals surface area contributed by atoms with E-state index >= 15 is 0 Å². The highest BCUT2D eigenvalue weighted by Gasteiger charge is 2.12. The van der Waals surface area contributed by atoms with E-state index in [1.54, 1.807) is 0 Å². The molecule has 0 aliphatic heterocycles. The lowest BCUT2D eigenvalue weighted by Gasteiger charge is -2.11. The second-order valence-corrected chi connectivity index (χ2v) is 4.60. The predicted octanol–water partition coefficient (Wildman–Crippen LogP) is 2.80. The minimum absolute atomic E-state index is 0.781. The molecule has 0 saturated heterocycles. The Balaban J connectivity index is 2.41. The van der Waals surface area contributed by atoms with Crippen LogP contribution in [0.1, 0.15) is 31.7 Å². The molecule has 0 atom stereocenters. The number of aromatic nitrogens is 4. The SMILES string of the molecule is CCCNc1nc(C)nc(-c2cnn(CC)c2)c1C. The highest BCUT2D eigenvalue weighted by atomic mass is 15.3. The summed E-state index contributed by atoms with van der Waals surface area (Å²) in [5.74, 6) is 1.71. The molecule has 0 aliphatic rings. The average molecular weight is 259 g/mol. The maximum atomic E-state index is 4.55. The molecule has 2 rings (SSSR count). The number of hydrogen-bond donors (Lipinski definition) is 1. The van der Waals surface area contributed by atoms with E-state index in [1.165, 1.54) is 0 Å². The largest absolute Gasteiger partial charge is 0.370 e. The van der Waals surface area contributed by atoms with Gasteiger partial charge in [0.1, 0.15) is 11.6 Å². The van der Waals surface area contributed by atoms with Crippen LogP contribution < -0.4 is 5.32 Å². The second kappa shape index (κ2) is 5.82. The molecule has 0 radical (unpaired) electrons. The summed E-state index contributed by atoms with van der Waals surface area (Å²) in [6, 6.07) is 0. The van der Waals surface area contributed by atoms with Crippen LogP contribution in [0.2, 0.25) is 0 Å². The molecule has 5 nitrogen and oxygen atoms in total. The van der Waals surface area contributed by atoms with Crippen molar-refractivity contribution in [2.75, 3.05) is 11.9 Å². The van der Waals surface area contributed by atoms with Crippen LogP contribution in [0.25, 0.3) is 11.3 Å². The summed E-state index contributed by atoms with van der Waals surface area (Å²) in [4.78, 5) is 9.03. The van der Waals surface area contributed by atoms with Gasteiger partial charge in [-0.2, -0.15) is 5.10 Å². The quantitative estimate of drug-likeness (QED) is 0.897. The summed E-state index contributed by atoms with van der Waals surface area (Å²) in [7, 11) is 0. The maximum absolute atomic E-state index is 4.55. The number of aryl methyl sites for hydroxylation is 2. The second-order valence-electron chi connectivity index (χ2n) is 4.60. The Hall–Kier alpha value is -1.91. The summed E-state index contributed by atoms with van der Waals surface area (Å²) >= 11 is 0. The fourth-order valence-corrected chi connectivity index (χ4v) is 1.98. The molecule has 1 N–H and O–H groups in total. The minimum Gasteiger partial charge on any atom is -0.370 e. The first kappa shape index (κ1) is 13.5. The summed E-state index contributed by atoms with van der Waals surface area (Å²) in [6.07, 6.45) is 4.96. The van der Waals surface area contributed by atoms with Crippen LogP contribution >= 0.6 is 0 Å². The molecule has 0 saturated carbocycles. The van der Waals surface area contributed by atoms with E-state index < -0.39 is 0 Å². The normalized spacial score (nSPS) is 10.7.